The maximum atomic E-state index is 4.62. The van der Waals surface area contributed by atoms with Crippen LogP contribution in [0.2, 0.25) is 0 Å². The fraction of sp³-hybridized carbons (Fsp3) is 0.368. The number of rotatable bonds is 4. The molecular formula is C19H23N5. The van der Waals surface area contributed by atoms with E-state index in [2.05, 4.69) is 63.4 Å². The van der Waals surface area contributed by atoms with Crippen molar-refractivity contribution in [2.45, 2.75) is 32.9 Å². The zero-order valence-corrected chi connectivity index (χ0v) is 14.4. The molecule has 0 fully saturated rings. The summed E-state index contributed by atoms with van der Waals surface area (Å²) >= 11 is 0. The van der Waals surface area contributed by atoms with Gasteiger partial charge in [-0.05, 0) is 50.2 Å². The first-order valence-electron chi connectivity index (χ1n) is 8.52. The molecule has 3 heterocycles. The monoisotopic (exact) mass is 321 g/mol. The fourth-order valence-electron chi connectivity index (χ4n) is 3.43. The van der Waals surface area contributed by atoms with E-state index in [0.717, 1.165) is 36.5 Å². The Morgan fingerprint density at radius 3 is 3.00 bits per heavy atom. The number of anilines is 1. The lowest BCUT2D eigenvalue weighted by atomic mass is 10.0. The van der Waals surface area contributed by atoms with Crippen LogP contribution in [0.1, 0.15) is 35.5 Å². The summed E-state index contributed by atoms with van der Waals surface area (Å²) in [6, 6.07) is 9.13. The van der Waals surface area contributed by atoms with Gasteiger partial charge in [-0.15, -0.1) is 0 Å². The van der Waals surface area contributed by atoms with Crippen molar-refractivity contribution >= 4 is 16.9 Å². The number of fused-ring (bicyclic) bond motifs is 2. The highest BCUT2D eigenvalue weighted by Gasteiger charge is 2.25. The molecule has 0 saturated heterocycles. The smallest absolute Gasteiger partial charge is 0.157 e. The van der Waals surface area contributed by atoms with Gasteiger partial charge in [-0.3, -0.25) is 0 Å². The Morgan fingerprint density at radius 2 is 2.17 bits per heavy atom. The minimum atomic E-state index is 0.257. The predicted octanol–water partition coefficient (Wildman–Crippen LogP) is 3.43. The van der Waals surface area contributed by atoms with Gasteiger partial charge in [0.15, 0.2) is 5.65 Å². The summed E-state index contributed by atoms with van der Waals surface area (Å²) in [6.07, 6.45) is 2.85. The number of imidazole rings is 1. The van der Waals surface area contributed by atoms with Gasteiger partial charge in [0.25, 0.3) is 0 Å². The predicted molar refractivity (Wildman–Crippen MR) is 97.1 cm³/mol. The van der Waals surface area contributed by atoms with Crippen LogP contribution >= 0.6 is 0 Å². The van der Waals surface area contributed by atoms with Crippen LogP contribution in [-0.2, 0) is 13.0 Å². The van der Waals surface area contributed by atoms with Gasteiger partial charge >= 0.3 is 0 Å². The maximum Gasteiger partial charge on any atom is 0.157 e. The minimum absolute atomic E-state index is 0.257. The molecule has 1 aliphatic rings. The zero-order valence-electron chi connectivity index (χ0n) is 14.4. The van der Waals surface area contributed by atoms with Gasteiger partial charge in [0, 0.05) is 24.0 Å². The van der Waals surface area contributed by atoms with Crippen molar-refractivity contribution in [3.63, 3.8) is 0 Å². The topological polar surface area (TPSA) is 56.8 Å². The van der Waals surface area contributed by atoms with Crippen molar-refractivity contribution in [1.82, 2.24) is 19.9 Å². The molecule has 3 aromatic rings. The average Bonchev–Trinajstić information content (AvgIpc) is 3.15. The fourth-order valence-corrected chi connectivity index (χ4v) is 3.43. The number of H-pyrrole nitrogens is 1. The van der Waals surface area contributed by atoms with E-state index < -0.39 is 0 Å². The second-order valence-corrected chi connectivity index (χ2v) is 6.64. The van der Waals surface area contributed by atoms with Gasteiger partial charge in [0.2, 0.25) is 0 Å². The summed E-state index contributed by atoms with van der Waals surface area (Å²) in [7, 11) is 2.15. The summed E-state index contributed by atoms with van der Waals surface area (Å²) in [4.78, 5) is 14.5. The highest BCUT2D eigenvalue weighted by Crippen LogP contribution is 2.36. The van der Waals surface area contributed by atoms with E-state index in [9.17, 15) is 0 Å². The molecule has 1 aromatic carbocycles. The lowest BCUT2D eigenvalue weighted by Gasteiger charge is -2.15. The number of nitrogens with one attached hydrogen (secondary N) is 2. The van der Waals surface area contributed by atoms with Gasteiger partial charge in [-0.1, -0.05) is 19.1 Å². The summed E-state index contributed by atoms with van der Waals surface area (Å²) < 4.78 is 0. The van der Waals surface area contributed by atoms with Crippen molar-refractivity contribution in [1.29, 1.82) is 0 Å². The number of hydrogen-bond acceptors (Lipinski definition) is 4. The SMILES string of the molecule is CCN(C)Cc1ccc2c(c1)NC(c1ccnc3[nH]c(C)nc13)C2. The van der Waals surface area contributed by atoms with E-state index in [1.807, 2.05) is 13.1 Å². The summed E-state index contributed by atoms with van der Waals surface area (Å²) in [5, 5.41) is 3.68. The molecular weight excluding hydrogens is 298 g/mol. The Bertz CT molecular complexity index is 883. The summed E-state index contributed by atoms with van der Waals surface area (Å²) in [6.45, 7) is 6.19. The lowest BCUT2D eigenvalue weighted by molar-refractivity contribution is 0.346. The highest BCUT2D eigenvalue weighted by molar-refractivity contribution is 5.77. The molecule has 4 rings (SSSR count). The molecule has 1 atom stereocenters. The molecule has 124 valence electrons. The number of aryl methyl sites for hydroxylation is 1. The van der Waals surface area contributed by atoms with E-state index in [4.69, 9.17) is 0 Å². The van der Waals surface area contributed by atoms with Gasteiger partial charge < -0.3 is 15.2 Å². The van der Waals surface area contributed by atoms with Crippen molar-refractivity contribution in [3.8, 4) is 0 Å². The molecule has 0 aliphatic carbocycles. The maximum absolute atomic E-state index is 4.62. The molecule has 0 radical (unpaired) electrons. The lowest BCUT2D eigenvalue weighted by Crippen LogP contribution is -2.16. The quantitative estimate of drug-likeness (QED) is 0.773. The largest absolute Gasteiger partial charge is 0.378 e. The average molecular weight is 321 g/mol. The van der Waals surface area contributed by atoms with Crippen LogP contribution in [-0.4, -0.2) is 33.4 Å². The normalized spacial score (nSPS) is 16.6. The third-order valence-corrected chi connectivity index (χ3v) is 4.83. The van der Waals surface area contributed by atoms with Crippen molar-refractivity contribution in [3.05, 3.63) is 53.0 Å². The van der Waals surface area contributed by atoms with E-state index in [1.54, 1.807) is 0 Å². The Hall–Kier alpha value is -2.40. The molecule has 1 unspecified atom stereocenters. The van der Waals surface area contributed by atoms with Gasteiger partial charge in [-0.2, -0.15) is 0 Å². The Labute approximate surface area is 142 Å². The Morgan fingerprint density at radius 1 is 1.29 bits per heavy atom. The number of aromatic amines is 1. The van der Waals surface area contributed by atoms with Crippen molar-refractivity contribution in [2.75, 3.05) is 18.9 Å². The molecule has 5 heteroatoms. The first kappa shape index (κ1) is 15.1. The molecule has 24 heavy (non-hydrogen) atoms. The van der Waals surface area contributed by atoms with Crippen LogP contribution in [0.15, 0.2) is 30.5 Å². The third-order valence-electron chi connectivity index (χ3n) is 4.83. The Kier molecular flexibility index (Phi) is 3.73. The van der Waals surface area contributed by atoms with E-state index >= 15 is 0 Å². The third kappa shape index (κ3) is 2.65. The van der Waals surface area contributed by atoms with Crippen LogP contribution in [0.4, 0.5) is 5.69 Å². The highest BCUT2D eigenvalue weighted by atomic mass is 15.1. The van der Waals surface area contributed by atoms with Crippen molar-refractivity contribution in [2.24, 2.45) is 0 Å². The van der Waals surface area contributed by atoms with Crippen molar-refractivity contribution < 1.29 is 0 Å². The number of nitrogens with zero attached hydrogens (tertiary/aromatic N) is 3. The molecule has 0 bridgehead atoms. The van der Waals surface area contributed by atoms with Gasteiger partial charge in [0.1, 0.15) is 11.3 Å². The molecule has 2 N–H and O–H groups in total. The van der Waals surface area contributed by atoms with Crippen LogP contribution in [0.5, 0.6) is 0 Å². The zero-order chi connectivity index (χ0) is 16.7. The van der Waals surface area contributed by atoms with Crippen LogP contribution < -0.4 is 5.32 Å². The first-order chi connectivity index (χ1) is 11.6. The van der Waals surface area contributed by atoms with Crippen LogP contribution in [0.25, 0.3) is 11.2 Å². The standard InChI is InChI=1S/C19H23N5/c1-4-24(3)11-13-5-6-14-10-17(23-16(14)9-13)15-7-8-20-19-18(15)21-12(2)22-19/h5-9,17,23H,4,10-11H2,1-3H3,(H,20,21,22). The van der Waals surface area contributed by atoms with Gasteiger partial charge in [0.05, 0.1) is 6.04 Å². The second kappa shape index (κ2) is 5.91. The van der Waals surface area contributed by atoms with Crippen LogP contribution in [0, 0.1) is 6.92 Å². The Balaban J connectivity index is 1.63. The molecule has 0 saturated carbocycles. The number of aromatic nitrogens is 3. The van der Waals surface area contributed by atoms with Crippen LogP contribution in [0.3, 0.4) is 0 Å². The molecule has 1 aliphatic heterocycles. The number of pyridine rings is 1. The summed E-state index contributed by atoms with van der Waals surface area (Å²) in [5.74, 6) is 0.908. The molecule has 5 nitrogen and oxygen atoms in total. The molecule has 0 spiro atoms. The molecule has 2 aromatic heterocycles. The minimum Gasteiger partial charge on any atom is -0.378 e. The van der Waals surface area contributed by atoms with E-state index in [1.165, 1.54) is 22.4 Å². The number of benzene rings is 1. The second-order valence-electron chi connectivity index (χ2n) is 6.64. The van der Waals surface area contributed by atoms with E-state index in [-0.39, 0.29) is 6.04 Å². The molecule has 0 amide bonds. The first-order valence-corrected chi connectivity index (χ1v) is 8.52. The van der Waals surface area contributed by atoms with Gasteiger partial charge in [-0.25, -0.2) is 9.97 Å². The summed E-state index contributed by atoms with van der Waals surface area (Å²) in [5.41, 5.74) is 7.04. The van der Waals surface area contributed by atoms with E-state index in [0.29, 0.717) is 0 Å². The number of hydrogen-bond donors (Lipinski definition) is 2.